The third-order valence-corrected chi connectivity index (χ3v) is 6.95. The van der Waals surface area contributed by atoms with Gasteiger partial charge in [0.2, 0.25) is 5.95 Å². The van der Waals surface area contributed by atoms with Crippen molar-refractivity contribution < 1.29 is 9.53 Å². The van der Waals surface area contributed by atoms with Gasteiger partial charge in [-0.25, -0.2) is 9.48 Å². The highest BCUT2D eigenvalue weighted by molar-refractivity contribution is 8.01. The molecular weight excluding hydrogens is 446 g/mol. The van der Waals surface area contributed by atoms with Crippen LogP contribution < -0.4 is 5.32 Å². The minimum atomic E-state index is -0.549. The van der Waals surface area contributed by atoms with E-state index in [9.17, 15) is 4.79 Å². The quantitative estimate of drug-likeness (QED) is 0.340. The molecule has 0 saturated heterocycles. The summed E-state index contributed by atoms with van der Waals surface area (Å²) in [5, 5.41) is 17.0. The van der Waals surface area contributed by atoms with E-state index in [-0.39, 0.29) is 0 Å². The summed E-state index contributed by atoms with van der Waals surface area (Å²) in [5.41, 5.74) is 2.80. The second-order valence-corrected chi connectivity index (χ2v) is 8.92. The van der Waals surface area contributed by atoms with E-state index in [1.165, 1.54) is 36.5 Å². The molecule has 0 saturated carbocycles. The van der Waals surface area contributed by atoms with E-state index in [4.69, 9.17) is 4.74 Å². The van der Waals surface area contributed by atoms with Crippen molar-refractivity contribution in [1.82, 2.24) is 29.9 Å². The highest BCUT2D eigenvalue weighted by atomic mass is 32.2. The van der Waals surface area contributed by atoms with E-state index in [1.54, 1.807) is 10.9 Å². The van der Waals surface area contributed by atoms with Gasteiger partial charge < -0.3 is 10.1 Å². The molecular formula is C21H17N7O2S2. The number of aromatic nitrogens is 6. The van der Waals surface area contributed by atoms with E-state index < -0.39 is 12.0 Å². The fourth-order valence-electron chi connectivity index (χ4n) is 3.39. The van der Waals surface area contributed by atoms with Crippen molar-refractivity contribution in [3.63, 3.8) is 0 Å². The van der Waals surface area contributed by atoms with Crippen LogP contribution in [-0.2, 0) is 9.53 Å². The van der Waals surface area contributed by atoms with Crippen LogP contribution in [0.1, 0.15) is 11.7 Å². The van der Waals surface area contributed by atoms with Crippen molar-refractivity contribution in [1.29, 1.82) is 0 Å². The lowest BCUT2D eigenvalue weighted by Gasteiger charge is -2.28. The molecule has 32 heavy (non-hydrogen) atoms. The molecule has 1 aliphatic rings. The number of hydrogen-bond acceptors (Lipinski definition) is 10. The average Bonchev–Trinajstić information content (AvgIpc) is 3.52. The molecule has 0 amide bonds. The smallest absolute Gasteiger partial charge is 0.338 e. The monoisotopic (exact) mass is 463 g/mol. The fourth-order valence-corrected chi connectivity index (χ4v) is 5.21. The van der Waals surface area contributed by atoms with Crippen LogP contribution in [0.5, 0.6) is 0 Å². The molecule has 0 aliphatic carbocycles. The molecule has 0 radical (unpaired) electrons. The predicted molar refractivity (Wildman–Crippen MR) is 121 cm³/mol. The molecule has 1 aliphatic heterocycles. The molecule has 3 aromatic heterocycles. The molecule has 160 valence electrons. The van der Waals surface area contributed by atoms with Gasteiger partial charge in [0.1, 0.15) is 17.4 Å². The first-order valence-corrected chi connectivity index (χ1v) is 11.5. The number of thioether (sulfide) groups is 1. The topological polar surface area (TPSA) is 108 Å². The van der Waals surface area contributed by atoms with Crippen LogP contribution in [0.15, 0.2) is 76.7 Å². The molecule has 0 spiro atoms. The van der Waals surface area contributed by atoms with Crippen molar-refractivity contribution in [2.45, 2.75) is 10.4 Å². The molecule has 11 heteroatoms. The Morgan fingerprint density at radius 1 is 1.16 bits per heavy atom. The molecule has 4 aromatic rings. The van der Waals surface area contributed by atoms with Crippen LogP contribution in [0, 0.1) is 0 Å². The zero-order valence-electron chi connectivity index (χ0n) is 16.9. The summed E-state index contributed by atoms with van der Waals surface area (Å²) in [4.78, 5) is 21.6. The maximum atomic E-state index is 12.8. The highest BCUT2D eigenvalue weighted by Gasteiger charge is 2.36. The number of carbonyl (C=O) groups excluding carboxylic acids is 1. The van der Waals surface area contributed by atoms with E-state index in [0.717, 1.165) is 14.9 Å². The lowest BCUT2D eigenvalue weighted by Crippen LogP contribution is -2.31. The predicted octanol–water partition coefficient (Wildman–Crippen LogP) is 3.43. The number of methoxy groups -OCH3 is 1. The van der Waals surface area contributed by atoms with Gasteiger partial charge in [-0.05, 0) is 12.1 Å². The number of carbonyl (C=O) groups is 1. The second-order valence-electron chi connectivity index (χ2n) is 6.72. The van der Waals surface area contributed by atoms with Gasteiger partial charge >= 0.3 is 5.97 Å². The lowest BCUT2D eigenvalue weighted by molar-refractivity contribution is -0.136. The largest absolute Gasteiger partial charge is 0.466 e. The normalized spacial score (nSPS) is 15.2. The summed E-state index contributed by atoms with van der Waals surface area (Å²) >= 11 is 2.99. The number of benzene rings is 1. The van der Waals surface area contributed by atoms with Gasteiger partial charge in [-0.3, -0.25) is 4.98 Å². The first-order chi connectivity index (χ1) is 15.7. The van der Waals surface area contributed by atoms with Gasteiger partial charge in [-0.1, -0.05) is 59.5 Å². The third kappa shape index (κ3) is 3.87. The Hall–Kier alpha value is -3.57. The maximum absolute atomic E-state index is 12.8. The van der Waals surface area contributed by atoms with Crippen molar-refractivity contribution in [2.75, 3.05) is 18.2 Å². The lowest BCUT2D eigenvalue weighted by atomic mass is 10.00. The van der Waals surface area contributed by atoms with Crippen LogP contribution in [0.2, 0.25) is 0 Å². The summed E-state index contributed by atoms with van der Waals surface area (Å²) in [7, 11) is 1.36. The molecule has 0 fully saturated rings. The minimum Gasteiger partial charge on any atom is -0.466 e. The number of fused-ring (bicyclic) bond motifs is 1. The molecule has 5 rings (SSSR count). The molecule has 0 bridgehead atoms. The summed E-state index contributed by atoms with van der Waals surface area (Å²) in [6.07, 6.45) is 3.13. The van der Waals surface area contributed by atoms with Crippen LogP contribution in [-0.4, -0.2) is 48.8 Å². The van der Waals surface area contributed by atoms with Crippen molar-refractivity contribution in [3.05, 3.63) is 78.0 Å². The maximum Gasteiger partial charge on any atom is 0.338 e. The first-order valence-electron chi connectivity index (χ1n) is 9.65. The van der Waals surface area contributed by atoms with E-state index in [2.05, 4.69) is 30.6 Å². The third-order valence-electron chi connectivity index (χ3n) is 4.82. The summed E-state index contributed by atoms with van der Waals surface area (Å²) in [6, 6.07) is 14.9. The van der Waals surface area contributed by atoms with Crippen LogP contribution >= 0.6 is 23.1 Å². The Bertz CT molecular complexity index is 1270. The number of esters is 1. The van der Waals surface area contributed by atoms with Gasteiger partial charge in [-0.2, -0.15) is 10.1 Å². The Morgan fingerprint density at radius 3 is 2.78 bits per heavy atom. The Morgan fingerprint density at radius 2 is 2.00 bits per heavy atom. The zero-order chi connectivity index (χ0) is 21.9. The number of anilines is 1. The van der Waals surface area contributed by atoms with Gasteiger partial charge in [0, 0.05) is 23.2 Å². The number of pyridine rings is 1. The highest BCUT2D eigenvalue weighted by Crippen LogP contribution is 2.37. The Labute approximate surface area is 191 Å². The molecule has 4 heterocycles. The number of ether oxygens (including phenoxy) is 1. The average molecular weight is 464 g/mol. The molecule has 9 nitrogen and oxygen atoms in total. The number of nitrogens with one attached hydrogen (secondary N) is 1. The Kier molecular flexibility index (Phi) is 5.65. The van der Waals surface area contributed by atoms with Gasteiger partial charge in [0.25, 0.3) is 0 Å². The number of hydrogen-bond donors (Lipinski definition) is 1. The number of rotatable bonds is 6. The SMILES string of the molecule is COC(=O)C1=C(CSc2nnc(-c3ccccc3)s2)Nc2ncnn2C1c1ccccn1. The summed E-state index contributed by atoms with van der Waals surface area (Å²) < 4.78 is 7.55. The van der Waals surface area contributed by atoms with Crippen LogP contribution in [0.3, 0.4) is 0 Å². The van der Waals surface area contributed by atoms with Gasteiger partial charge in [-0.15, -0.1) is 10.2 Å². The van der Waals surface area contributed by atoms with E-state index in [1.807, 2.05) is 48.5 Å². The van der Waals surface area contributed by atoms with Crippen molar-refractivity contribution in [3.8, 4) is 10.6 Å². The van der Waals surface area contributed by atoms with Gasteiger partial charge in [0.15, 0.2) is 4.34 Å². The summed E-state index contributed by atoms with van der Waals surface area (Å²) in [5.74, 6) is 0.530. The van der Waals surface area contributed by atoms with Crippen molar-refractivity contribution in [2.24, 2.45) is 0 Å². The molecule has 1 aromatic carbocycles. The standard InChI is InChI=1S/C21H17N7O2S2/c1-30-19(29)16-15(11-31-21-27-26-18(32-21)13-7-3-2-4-8-13)25-20-23-12-24-28(20)17(16)14-9-5-6-10-22-14/h2-10,12,17H,11H2,1H3,(H,23,24,25). The zero-order valence-corrected chi connectivity index (χ0v) is 18.5. The minimum absolute atomic E-state index is 0.435. The van der Waals surface area contributed by atoms with Crippen LogP contribution in [0.4, 0.5) is 5.95 Å². The molecule has 1 unspecified atom stereocenters. The van der Waals surface area contributed by atoms with Crippen LogP contribution in [0.25, 0.3) is 10.6 Å². The first kappa shape index (κ1) is 20.3. The van der Waals surface area contributed by atoms with E-state index >= 15 is 0 Å². The van der Waals surface area contributed by atoms with E-state index in [0.29, 0.717) is 28.7 Å². The second kappa shape index (κ2) is 8.89. The number of nitrogens with zero attached hydrogens (tertiary/aromatic N) is 6. The molecule has 1 N–H and O–H groups in total. The fraction of sp³-hybridized carbons (Fsp3) is 0.143. The Balaban J connectivity index is 1.47. The van der Waals surface area contributed by atoms with Gasteiger partial charge in [0.05, 0.1) is 18.4 Å². The van der Waals surface area contributed by atoms with Crippen molar-refractivity contribution >= 4 is 35.0 Å². The summed E-state index contributed by atoms with van der Waals surface area (Å²) in [6.45, 7) is 0. The molecule has 1 atom stereocenters.